The van der Waals surface area contributed by atoms with E-state index >= 15 is 0 Å². The minimum absolute atomic E-state index is 0.0118. The van der Waals surface area contributed by atoms with Crippen LogP contribution in [0.15, 0.2) is 36.4 Å². The normalized spacial score (nSPS) is 10.0. The molecule has 0 bridgehead atoms. The number of anilines is 1. The zero-order valence-electron chi connectivity index (χ0n) is 13.9. The molecule has 0 fully saturated rings. The van der Waals surface area contributed by atoms with Gasteiger partial charge in [-0.15, -0.1) is 0 Å². The first-order valence-corrected chi connectivity index (χ1v) is 7.36. The Labute approximate surface area is 136 Å². The highest BCUT2D eigenvalue weighted by Gasteiger charge is 2.13. The average molecular weight is 308 g/mol. The minimum Gasteiger partial charge on any atom is -0.496 e. The third-order valence-corrected chi connectivity index (χ3v) is 3.80. The number of ketones is 1. The van der Waals surface area contributed by atoms with E-state index < -0.39 is 0 Å². The highest BCUT2D eigenvalue weighted by Crippen LogP contribution is 2.25. The number of aryl methyl sites for hydroxylation is 1. The molecule has 0 saturated carbocycles. The molecule has 0 aliphatic carbocycles. The second-order valence-corrected chi connectivity index (χ2v) is 5.56. The number of carbonyl (C=O) groups is 1. The summed E-state index contributed by atoms with van der Waals surface area (Å²) in [6.45, 7) is 4.18. The molecule has 4 nitrogen and oxygen atoms in total. The number of Topliss-reactive ketones (excluding diaryl/α,β-unsaturated/α-hetero) is 1. The van der Waals surface area contributed by atoms with E-state index in [4.69, 9.17) is 10.00 Å². The maximum absolute atomic E-state index is 11.8. The van der Waals surface area contributed by atoms with Crippen LogP contribution < -0.4 is 9.64 Å². The molecule has 0 aliphatic rings. The van der Waals surface area contributed by atoms with Crippen molar-refractivity contribution in [1.29, 1.82) is 5.26 Å². The fraction of sp³-hybridized carbons (Fsp3) is 0.263. The lowest BCUT2D eigenvalue weighted by Gasteiger charge is -2.22. The Balaban J connectivity index is 2.33. The molecule has 4 heteroatoms. The molecule has 2 rings (SSSR count). The van der Waals surface area contributed by atoms with Gasteiger partial charge >= 0.3 is 0 Å². The number of ether oxygens (including phenoxy) is 1. The van der Waals surface area contributed by atoms with Crippen LogP contribution >= 0.6 is 0 Å². The molecule has 0 heterocycles. The predicted molar refractivity (Wildman–Crippen MR) is 91.0 cm³/mol. The molecule has 118 valence electrons. The molecule has 0 saturated heterocycles. The van der Waals surface area contributed by atoms with Crippen LogP contribution in [0.1, 0.15) is 34.0 Å². The van der Waals surface area contributed by atoms with E-state index in [0.717, 1.165) is 22.6 Å². The van der Waals surface area contributed by atoms with Gasteiger partial charge < -0.3 is 9.64 Å². The van der Waals surface area contributed by atoms with E-state index in [0.29, 0.717) is 17.7 Å². The van der Waals surface area contributed by atoms with Crippen molar-refractivity contribution in [3.8, 4) is 11.8 Å². The first kappa shape index (κ1) is 16.6. The van der Waals surface area contributed by atoms with Crippen LogP contribution in [0.2, 0.25) is 0 Å². The standard InChI is InChI=1S/C19H20N2O2/c1-13-9-16(6-8-19(13)23-4)12-21(3)18-10-15(11-20)5-7-17(18)14(2)22/h5-10H,12H2,1-4H3. The van der Waals surface area contributed by atoms with E-state index in [-0.39, 0.29) is 5.78 Å². The summed E-state index contributed by atoms with van der Waals surface area (Å²) in [7, 11) is 3.57. The van der Waals surface area contributed by atoms with E-state index in [9.17, 15) is 4.79 Å². The maximum Gasteiger partial charge on any atom is 0.161 e. The number of rotatable bonds is 5. The summed E-state index contributed by atoms with van der Waals surface area (Å²) < 4.78 is 5.28. The van der Waals surface area contributed by atoms with Gasteiger partial charge in [0.25, 0.3) is 0 Å². The lowest BCUT2D eigenvalue weighted by molar-refractivity contribution is 0.101. The lowest BCUT2D eigenvalue weighted by Crippen LogP contribution is -2.19. The number of methoxy groups -OCH3 is 1. The van der Waals surface area contributed by atoms with Gasteiger partial charge in [-0.25, -0.2) is 0 Å². The predicted octanol–water partition coefficient (Wildman–Crippen LogP) is 3.71. The Morgan fingerprint density at radius 3 is 2.57 bits per heavy atom. The molecule has 0 aromatic heterocycles. The summed E-state index contributed by atoms with van der Waals surface area (Å²) in [5, 5.41) is 9.09. The Kier molecular flexibility index (Phi) is 5.02. The molecule has 2 aromatic rings. The molecular weight excluding hydrogens is 288 g/mol. The monoisotopic (exact) mass is 308 g/mol. The molecule has 0 amide bonds. The number of hydrogen-bond donors (Lipinski definition) is 0. The van der Waals surface area contributed by atoms with Gasteiger partial charge in [0, 0.05) is 24.8 Å². The highest BCUT2D eigenvalue weighted by molar-refractivity contribution is 6.00. The van der Waals surface area contributed by atoms with Gasteiger partial charge in [-0.3, -0.25) is 4.79 Å². The van der Waals surface area contributed by atoms with Crippen molar-refractivity contribution >= 4 is 11.5 Å². The fourth-order valence-corrected chi connectivity index (χ4v) is 2.61. The number of hydrogen-bond acceptors (Lipinski definition) is 4. The lowest BCUT2D eigenvalue weighted by atomic mass is 10.0. The SMILES string of the molecule is COc1ccc(CN(C)c2cc(C#N)ccc2C(C)=O)cc1C. The third-order valence-electron chi connectivity index (χ3n) is 3.80. The smallest absolute Gasteiger partial charge is 0.161 e. The van der Waals surface area contributed by atoms with Gasteiger partial charge in [0.1, 0.15) is 5.75 Å². The summed E-state index contributed by atoms with van der Waals surface area (Å²) in [5.41, 5.74) is 4.11. The molecule has 0 aliphatic heterocycles. The van der Waals surface area contributed by atoms with Crippen LogP contribution in [0.5, 0.6) is 5.75 Å². The first-order chi connectivity index (χ1) is 11.0. The Hall–Kier alpha value is -2.80. The van der Waals surface area contributed by atoms with Crippen molar-refractivity contribution in [2.24, 2.45) is 0 Å². The van der Waals surface area contributed by atoms with E-state index in [1.165, 1.54) is 6.92 Å². The molecule has 0 atom stereocenters. The molecule has 23 heavy (non-hydrogen) atoms. The summed E-state index contributed by atoms with van der Waals surface area (Å²) in [5.74, 6) is 0.842. The summed E-state index contributed by atoms with van der Waals surface area (Å²) in [6, 6.07) is 13.3. The topological polar surface area (TPSA) is 53.3 Å². The van der Waals surface area contributed by atoms with Crippen LogP contribution in [0.3, 0.4) is 0 Å². The van der Waals surface area contributed by atoms with Crippen LogP contribution in [0.25, 0.3) is 0 Å². The van der Waals surface area contributed by atoms with Crippen molar-refractivity contribution in [1.82, 2.24) is 0 Å². The Morgan fingerprint density at radius 1 is 1.26 bits per heavy atom. The molecule has 0 radical (unpaired) electrons. The molecule has 0 unspecified atom stereocenters. The van der Waals surface area contributed by atoms with E-state index in [1.807, 2.05) is 31.0 Å². The van der Waals surface area contributed by atoms with Crippen molar-refractivity contribution in [2.45, 2.75) is 20.4 Å². The quantitative estimate of drug-likeness (QED) is 0.790. The largest absolute Gasteiger partial charge is 0.496 e. The van der Waals surface area contributed by atoms with Crippen molar-refractivity contribution in [3.63, 3.8) is 0 Å². The third kappa shape index (κ3) is 3.70. The van der Waals surface area contributed by atoms with E-state index in [1.54, 1.807) is 25.3 Å². The zero-order valence-corrected chi connectivity index (χ0v) is 13.9. The second-order valence-electron chi connectivity index (χ2n) is 5.56. The highest BCUT2D eigenvalue weighted by atomic mass is 16.5. The number of benzene rings is 2. The Morgan fingerprint density at radius 2 is 2.00 bits per heavy atom. The van der Waals surface area contributed by atoms with Crippen LogP contribution in [0, 0.1) is 18.3 Å². The van der Waals surface area contributed by atoms with Gasteiger partial charge in [0.05, 0.1) is 18.7 Å². The number of nitriles is 1. The second kappa shape index (κ2) is 6.97. The van der Waals surface area contributed by atoms with Gasteiger partial charge in [0.15, 0.2) is 5.78 Å². The van der Waals surface area contributed by atoms with Crippen molar-refractivity contribution in [2.75, 3.05) is 19.1 Å². The Bertz CT molecular complexity index is 775. The summed E-state index contributed by atoms with van der Waals surface area (Å²) in [4.78, 5) is 13.8. The average Bonchev–Trinajstić information content (AvgIpc) is 2.54. The minimum atomic E-state index is -0.0118. The zero-order chi connectivity index (χ0) is 17.0. The summed E-state index contributed by atoms with van der Waals surface area (Å²) >= 11 is 0. The van der Waals surface area contributed by atoms with Crippen molar-refractivity contribution in [3.05, 3.63) is 58.7 Å². The molecule has 0 N–H and O–H groups in total. The first-order valence-electron chi connectivity index (χ1n) is 7.36. The van der Waals surface area contributed by atoms with Gasteiger partial charge in [-0.05, 0) is 49.2 Å². The number of carbonyl (C=O) groups excluding carboxylic acids is 1. The van der Waals surface area contributed by atoms with Gasteiger partial charge in [-0.2, -0.15) is 5.26 Å². The van der Waals surface area contributed by atoms with Crippen molar-refractivity contribution < 1.29 is 9.53 Å². The number of nitrogens with zero attached hydrogens (tertiary/aromatic N) is 2. The maximum atomic E-state index is 11.8. The van der Waals surface area contributed by atoms with Crippen LogP contribution in [-0.2, 0) is 6.54 Å². The fourth-order valence-electron chi connectivity index (χ4n) is 2.61. The molecular formula is C19H20N2O2. The van der Waals surface area contributed by atoms with Gasteiger partial charge in [-0.1, -0.05) is 12.1 Å². The van der Waals surface area contributed by atoms with E-state index in [2.05, 4.69) is 12.1 Å². The van der Waals surface area contributed by atoms with Gasteiger partial charge in [0.2, 0.25) is 0 Å². The van der Waals surface area contributed by atoms with Crippen LogP contribution in [0.4, 0.5) is 5.69 Å². The van der Waals surface area contributed by atoms with Crippen LogP contribution in [-0.4, -0.2) is 19.9 Å². The molecule has 2 aromatic carbocycles. The summed E-state index contributed by atoms with van der Waals surface area (Å²) in [6.07, 6.45) is 0. The molecule has 0 spiro atoms.